The molecule has 102 valence electrons. The standard InChI is InChI=1S/C14H23NO2S/c1-5-12-6-8-13(9-7-12)10-15-11-14(2,3)18(4,16)17/h6-9,15H,5,10-11H2,1-4H3. The highest BCUT2D eigenvalue weighted by molar-refractivity contribution is 7.92. The van der Waals surface area contributed by atoms with Gasteiger partial charge in [0.1, 0.15) is 0 Å². The van der Waals surface area contributed by atoms with E-state index in [1.54, 1.807) is 13.8 Å². The maximum absolute atomic E-state index is 11.5. The van der Waals surface area contributed by atoms with Crippen LogP contribution in [0.3, 0.4) is 0 Å². The molecule has 1 rings (SSSR count). The first-order chi connectivity index (χ1) is 8.26. The van der Waals surface area contributed by atoms with Gasteiger partial charge in [0.15, 0.2) is 9.84 Å². The zero-order valence-corrected chi connectivity index (χ0v) is 12.5. The average Bonchev–Trinajstić information content (AvgIpc) is 2.28. The van der Waals surface area contributed by atoms with E-state index in [9.17, 15) is 8.42 Å². The zero-order chi connectivity index (χ0) is 13.8. The minimum atomic E-state index is -3.03. The fourth-order valence-corrected chi connectivity index (χ4v) is 1.90. The van der Waals surface area contributed by atoms with Crippen LogP contribution in [0, 0.1) is 0 Å². The minimum absolute atomic E-state index is 0.460. The van der Waals surface area contributed by atoms with Crippen molar-refractivity contribution < 1.29 is 8.42 Å². The van der Waals surface area contributed by atoms with Crippen molar-refractivity contribution >= 4 is 9.84 Å². The third kappa shape index (κ3) is 4.10. The molecule has 0 heterocycles. The number of hydrogen-bond donors (Lipinski definition) is 1. The molecule has 1 N–H and O–H groups in total. The Morgan fingerprint density at radius 3 is 2.06 bits per heavy atom. The molecule has 0 saturated carbocycles. The largest absolute Gasteiger partial charge is 0.311 e. The minimum Gasteiger partial charge on any atom is -0.311 e. The second-order valence-corrected chi connectivity index (χ2v) is 7.95. The summed E-state index contributed by atoms with van der Waals surface area (Å²) in [7, 11) is -3.03. The van der Waals surface area contributed by atoms with Crippen LogP contribution in [0.1, 0.15) is 31.9 Å². The van der Waals surface area contributed by atoms with Gasteiger partial charge in [0, 0.05) is 19.3 Å². The number of benzene rings is 1. The van der Waals surface area contributed by atoms with Crippen LogP contribution in [0.5, 0.6) is 0 Å². The van der Waals surface area contributed by atoms with Crippen LogP contribution < -0.4 is 5.32 Å². The second kappa shape index (κ2) is 5.85. The summed E-state index contributed by atoms with van der Waals surface area (Å²) >= 11 is 0. The lowest BCUT2D eigenvalue weighted by atomic mass is 10.1. The molecule has 0 radical (unpaired) electrons. The van der Waals surface area contributed by atoms with E-state index in [1.807, 2.05) is 0 Å². The Morgan fingerprint density at radius 2 is 1.61 bits per heavy atom. The van der Waals surface area contributed by atoms with Gasteiger partial charge in [-0.05, 0) is 31.4 Å². The van der Waals surface area contributed by atoms with Gasteiger partial charge in [-0.25, -0.2) is 8.42 Å². The van der Waals surface area contributed by atoms with E-state index in [4.69, 9.17) is 0 Å². The number of hydrogen-bond acceptors (Lipinski definition) is 3. The van der Waals surface area contributed by atoms with E-state index in [0.717, 1.165) is 6.42 Å². The van der Waals surface area contributed by atoms with E-state index in [2.05, 4.69) is 36.5 Å². The highest BCUT2D eigenvalue weighted by Crippen LogP contribution is 2.13. The Kier molecular flexibility index (Phi) is 4.93. The Morgan fingerprint density at radius 1 is 1.11 bits per heavy atom. The quantitative estimate of drug-likeness (QED) is 0.861. The smallest absolute Gasteiger partial charge is 0.153 e. The summed E-state index contributed by atoms with van der Waals surface area (Å²) < 4.78 is 22.4. The van der Waals surface area contributed by atoms with Crippen molar-refractivity contribution in [2.24, 2.45) is 0 Å². The Hall–Kier alpha value is -0.870. The molecule has 0 atom stereocenters. The molecule has 1 aromatic carbocycles. The molecule has 0 bridgehead atoms. The van der Waals surface area contributed by atoms with Crippen LogP contribution in [-0.2, 0) is 22.8 Å². The molecule has 0 fully saturated rings. The third-order valence-corrected chi connectivity index (χ3v) is 5.47. The highest BCUT2D eigenvalue weighted by atomic mass is 32.2. The maximum atomic E-state index is 11.5. The van der Waals surface area contributed by atoms with Gasteiger partial charge < -0.3 is 5.32 Å². The van der Waals surface area contributed by atoms with Crippen molar-refractivity contribution in [3.05, 3.63) is 35.4 Å². The van der Waals surface area contributed by atoms with E-state index in [-0.39, 0.29) is 0 Å². The predicted molar refractivity (Wildman–Crippen MR) is 76.4 cm³/mol. The highest BCUT2D eigenvalue weighted by Gasteiger charge is 2.29. The Labute approximate surface area is 111 Å². The Bertz CT molecular complexity index is 475. The topological polar surface area (TPSA) is 46.2 Å². The fraction of sp³-hybridized carbons (Fsp3) is 0.571. The molecule has 18 heavy (non-hydrogen) atoms. The molecule has 1 aromatic rings. The van der Waals surface area contributed by atoms with Crippen molar-refractivity contribution in [1.29, 1.82) is 0 Å². The van der Waals surface area contributed by atoms with Gasteiger partial charge in [0.2, 0.25) is 0 Å². The first-order valence-corrected chi connectivity index (χ1v) is 8.13. The van der Waals surface area contributed by atoms with Gasteiger partial charge in [-0.2, -0.15) is 0 Å². The molecule has 3 nitrogen and oxygen atoms in total. The van der Waals surface area contributed by atoms with Gasteiger partial charge in [0.25, 0.3) is 0 Å². The van der Waals surface area contributed by atoms with E-state index < -0.39 is 14.6 Å². The van der Waals surface area contributed by atoms with Crippen molar-refractivity contribution in [3.8, 4) is 0 Å². The maximum Gasteiger partial charge on any atom is 0.153 e. The third-order valence-electron chi connectivity index (χ3n) is 3.31. The van der Waals surface area contributed by atoms with Gasteiger partial charge >= 0.3 is 0 Å². The van der Waals surface area contributed by atoms with Crippen LogP contribution >= 0.6 is 0 Å². The molecular formula is C14H23NO2S. The van der Waals surface area contributed by atoms with Crippen LogP contribution in [-0.4, -0.2) is 26.0 Å². The predicted octanol–water partition coefficient (Wildman–Crippen LogP) is 2.16. The lowest BCUT2D eigenvalue weighted by Crippen LogP contribution is -2.41. The summed E-state index contributed by atoms with van der Waals surface area (Å²) in [5.74, 6) is 0. The van der Waals surface area contributed by atoms with Crippen molar-refractivity contribution in [2.45, 2.75) is 38.5 Å². The van der Waals surface area contributed by atoms with Crippen LogP contribution in [0.2, 0.25) is 0 Å². The van der Waals surface area contributed by atoms with Gasteiger partial charge in [-0.3, -0.25) is 0 Å². The van der Waals surface area contributed by atoms with Crippen LogP contribution in [0.15, 0.2) is 24.3 Å². The van der Waals surface area contributed by atoms with Crippen molar-refractivity contribution in [1.82, 2.24) is 5.32 Å². The number of aryl methyl sites for hydroxylation is 1. The van der Waals surface area contributed by atoms with Crippen molar-refractivity contribution in [2.75, 3.05) is 12.8 Å². The fourth-order valence-electron chi connectivity index (χ4n) is 1.53. The van der Waals surface area contributed by atoms with Crippen LogP contribution in [0.25, 0.3) is 0 Å². The van der Waals surface area contributed by atoms with Gasteiger partial charge in [-0.1, -0.05) is 31.2 Å². The SMILES string of the molecule is CCc1ccc(CNCC(C)(C)S(C)(=O)=O)cc1. The monoisotopic (exact) mass is 269 g/mol. The molecule has 0 aliphatic carbocycles. The average molecular weight is 269 g/mol. The summed E-state index contributed by atoms with van der Waals surface area (Å²) in [6, 6.07) is 8.38. The van der Waals surface area contributed by atoms with E-state index in [1.165, 1.54) is 17.4 Å². The van der Waals surface area contributed by atoms with Gasteiger partial charge in [0.05, 0.1) is 4.75 Å². The molecule has 0 saturated heterocycles. The van der Waals surface area contributed by atoms with E-state index >= 15 is 0 Å². The first-order valence-electron chi connectivity index (χ1n) is 6.24. The lowest BCUT2D eigenvalue weighted by Gasteiger charge is -2.22. The molecular weight excluding hydrogens is 246 g/mol. The number of nitrogens with one attached hydrogen (secondary N) is 1. The molecule has 0 aliphatic rings. The molecule has 0 unspecified atom stereocenters. The summed E-state index contributed by atoms with van der Waals surface area (Å²) in [6.07, 6.45) is 2.32. The molecule has 0 amide bonds. The van der Waals surface area contributed by atoms with Crippen LogP contribution in [0.4, 0.5) is 0 Å². The first kappa shape index (κ1) is 15.2. The van der Waals surface area contributed by atoms with E-state index in [0.29, 0.717) is 13.1 Å². The molecule has 4 heteroatoms. The number of sulfone groups is 1. The normalized spacial score (nSPS) is 12.7. The zero-order valence-electron chi connectivity index (χ0n) is 11.7. The molecule has 0 aliphatic heterocycles. The van der Waals surface area contributed by atoms with Gasteiger partial charge in [-0.15, -0.1) is 0 Å². The summed E-state index contributed by atoms with van der Waals surface area (Å²) in [5.41, 5.74) is 2.49. The summed E-state index contributed by atoms with van der Waals surface area (Å²) in [6.45, 7) is 6.78. The lowest BCUT2D eigenvalue weighted by molar-refractivity contribution is 0.521. The summed E-state index contributed by atoms with van der Waals surface area (Å²) in [5, 5.41) is 3.21. The molecule has 0 aromatic heterocycles. The molecule has 0 spiro atoms. The Balaban J connectivity index is 2.51. The summed E-state index contributed by atoms with van der Waals surface area (Å²) in [4.78, 5) is 0. The number of rotatable bonds is 6. The van der Waals surface area contributed by atoms with Crippen molar-refractivity contribution in [3.63, 3.8) is 0 Å². The second-order valence-electron chi connectivity index (χ2n) is 5.31.